The topological polar surface area (TPSA) is 130 Å². The molecule has 3 aromatic rings. The first-order valence-corrected chi connectivity index (χ1v) is 7.60. The Morgan fingerprint density at radius 2 is 2.08 bits per heavy atom. The van der Waals surface area contributed by atoms with E-state index in [9.17, 15) is 19.7 Å². The average Bonchev–Trinajstić information content (AvgIpc) is 2.63. The summed E-state index contributed by atoms with van der Waals surface area (Å²) in [5.74, 6) is -0.957. The van der Waals surface area contributed by atoms with Gasteiger partial charge in [-0.1, -0.05) is 23.7 Å². The molecule has 0 fully saturated rings. The first-order chi connectivity index (χ1) is 12.5. The Bertz CT molecular complexity index is 1110. The monoisotopic (exact) mass is 371 g/mol. The van der Waals surface area contributed by atoms with Gasteiger partial charge in [0, 0.05) is 22.7 Å². The Kier molecular flexibility index (Phi) is 4.72. The first kappa shape index (κ1) is 17.2. The lowest BCUT2D eigenvalue weighted by molar-refractivity contribution is -0.384. The summed E-state index contributed by atoms with van der Waals surface area (Å²) >= 11 is 5.93. The average molecular weight is 372 g/mol. The number of halogens is 1. The zero-order valence-corrected chi connectivity index (χ0v) is 13.7. The minimum atomic E-state index is -0.745. The van der Waals surface area contributed by atoms with E-state index >= 15 is 0 Å². The van der Waals surface area contributed by atoms with Gasteiger partial charge in [-0.3, -0.25) is 19.7 Å². The molecule has 3 rings (SSSR count). The maximum Gasteiger partial charge on any atom is 0.307 e. The number of benzene rings is 2. The van der Waals surface area contributed by atoms with Crippen LogP contribution >= 0.6 is 11.6 Å². The van der Waals surface area contributed by atoms with Crippen LogP contribution in [0.4, 0.5) is 5.69 Å². The molecule has 0 aliphatic carbocycles. The van der Waals surface area contributed by atoms with Crippen molar-refractivity contribution in [1.82, 2.24) is 15.4 Å². The minimum absolute atomic E-state index is 0.164. The smallest absolute Gasteiger partial charge is 0.302 e. The summed E-state index contributed by atoms with van der Waals surface area (Å²) in [5, 5.41) is 15.1. The summed E-state index contributed by atoms with van der Waals surface area (Å²) in [4.78, 5) is 40.7. The summed E-state index contributed by atoms with van der Waals surface area (Å²) in [5.41, 5.74) is 2.19. The molecular weight excluding hydrogens is 362 g/mol. The fourth-order valence-electron chi connectivity index (χ4n) is 2.15. The predicted molar refractivity (Wildman–Crippen MR) is 95.5 cm³/mol. The number of nitrogens with zero attached hydrogens (tertiary/aromatic N) is 3. The molecule has 1 heterocycles. The van der Waals surface area contributed by atoms with Crippen LogP contribution in [0.5, 0.6) is 0 Å². The zero-order chi connectivity index (χ0) is 18.7. The van der Waals surface area contributed by atoms with E-state index in [0.29, 0.717) is 10.9 Å². The highest BCUT2D eigenvalue weighted by Gasteiger charge is 2.11. The van der Waals surface area contributed by atoms with Crippen LogP contribution < -0.4 is 11.0 Å². The lowest BCUT2D eigenvalue weighted by atomic mass is 10.2. The van der Waals surface area contributed by atoms with Gasteiger partial charge in [0.15, 0.2) is 0 Å². The number of nitro benzene ring substituents is 1. The molecule has 9 nitrogen and oxygen atoms in total. The van der Waals surface area contributed by atoms with E-state index in [0.717, 1.165) is 6.21 Å². The number of fused-ring (bicyclic) bond motifs is 1. The SMILES string of the molecule is O=C(NN=Cc1cc([N+](=O)[O-])ccc1Cl)c1nc2ccccc2c(=O)[nH]1. The third-order valence-corrected chi connectivity index (χ3v) is 3.73. The number of hydrogen-bond donors (Lipinski definition) is 2. The van der Waals surface area contributed by atoms with E-state index in [-0.39, 0.29) is 22.1 Å². The third kappa shape index (κ3) is 3.57. The molecule has 1 aromatic heterocycles. The lowest BCUT2D eigenvalue weighted by Gasteiger charge is -2.02. The van der Waals surface area contributed by atoms with Gasteiger partial charge in [-0.25, -0.2) is 10.4 Å². The molecule has 0 spiro atoms. The van der Waals surface area contributed by atoms with Crippen LogP contribution in [-0.4, -0.2) is 27.0 Å². The highest BCUT2D eigenvalue weighted by Crippen LogP contribution is 2.20. The molecule has 0 atom stereocenters. The zero-order valence-electron chi connectivity index (χ0n) is 13.0. The van der Waals surface area contributed by atoms with Gasteiger partial charge >= 0.3 is 5.91 Å². The van der Waals surface area contributed by atoms with Crippen molar-refractivity contribution in [3.05, 3.63) is 79.3 Å². The van der Waals surface area contributed by atoms with Gasteiger partial charge in [0.05, 0.1) is 22.0 Å². The Hall–Kier alpha value is -3.59. The van der Waals surface area contributed by atoms with Crippen LogP contribution in [-0.2, 0) is 0 Å². The molecular formula is C16H10ClN5O4. The molecule has 130 valence electrons. The molecule has 1 amide bonds. The quantitative estimate of drug-likeness (QED) is 0.412. The second-order valence-corrected chi connectivity index (χ2v) is 5.50. The van der Waals surface area contributed by atoms with Gasteiger partial charge in [-0.05, 0) is 18.2 Å². The summed E-state index contributed by atoms with van der Waals surface area (Å²) < 4.78 is 0. The van der Waals surface area contributed by atoms with Crippen molar-refractivity contribution >= 4 is 40.3 Å². The van der Waals surface area contributed by atoms with Crippen molar-refractivity contribution in [1.29, 1.82) is 0 Å². The van der Waals surface area contributed by atoms with Gasteiger partial charge in [0.2, 0.25) is 5.82 Å². The molecule has 0 saturated heterocycles. The molecule has 0 aliphatic rings. The van der Waals surface area contributed by atoms with Crippen molar-refractivity contribution in [2.45, 2.75) is 0 Å². The van der Waals surface area contributed by atoms with Gasteiger partial charge in [-0.2, -0.15) is 5.10 Å². The Morgan fingerprint density at radius 3 is 2.85 bits per heavy atom. The highest BCUT2D eigenvalue weighted by atomic mass is 35.5. The highest BCUT2D eigenvalue weighted by molar-refractivity contribution is 6.33. The summed E-state index contributed by atoms with van der Waals surface area (Å²) in [7, 11) is 0. The first-order valence-electron chi connectivity index (χ1n) is 7.22. The van der Waals surface area contributed by atoms with Gasteiger partial charge < -0.3 is 4.98 Å². The molecule has 0 bridgehead atoms. The van der Waals surface area contributed by atoms with E-state index in [1.807, 2.05) is 0 Å². The van der Waals surface area contributed by atoms with Crippen LogP contribution in [0.3, 0.4) is 0 Å². The van der Waals surface area contributed by atoms with Crippen molar-refractivity contribution in [2.75, 3.05) is 0 Å². The fourth-order valence-corrected chi connectivity index (χ4v) is 2.32. The van der Waals surface area contributed by atoms with Crippen molar-refractivity contribution in [3.8, 4) is 0 Å². The number of aromatic nitrogens is 2. The largest absolute Gasteiger partial charge is 0.307 e. The molecule has 2 N–H and O–H groups in total. The molecule has 0 aliphatic heterocycles. The number of hydrazone groups is 1. The second-order valence-electron chi connectivity index (χ2n) is 5.09. The third-order valence-electron chi connectivity index (χ3n) is 3.39. The summed E-state index contributed by atoms with van der Waals surface area (Å²) in [6.07, 6.45) is 1.16. The van der Waals surface area contributed by atoms with Crippen LogP contribution in [0.25, 0.3) is 10.9 Å². The number of nitrogens with one attached hydrogen (secondary N) is 2. The number of aromatic amines is 1. The number of rotatable bonds is 4. The maximum absolute atomic E-state index is 12.1. The lowest BCUT2D eigenvalue weighted by Crippen LogP contribution is -2.24. The van der Waals surface area contributed by atoms with E-state index in [1.54, 1.807) is 24.3 Å². The number of H-pyrrole nitrogens is 1. The molecule has 10 heteroatoms. The number of nitro groups is 1. The standard InChI is InChI=1S/C16H10ClN5O4/c17-12-6-5-10(22(25)26)7-9(12)8-18-21-16(24)14-19-13-4-2-1-3-11(13)15(23)20-14/h1-8H,(H,21,24)(H,19,20,23). The van der Waals surface area contributed by atoms with Crippen molar-refractivity contribution < 1.29 is 9.72 Å². The normalized spacial score (nSPS) is 11.0. The van der Waals surface area contributed by atoms with Crippen molar-refractivity contribution in [2.24, 2.45) is 5.10 Å². The Labute approximate surface area is 150 Å². The molecule has 2 aromatic carbocycles. The Morgan fingerprint density at radius 1 is 1.31 bits per heavy atom. The van der Waals surface area contributed by atoms with E-state index in [2.05, 4.69) is 20.5 Å². The Balaban J connectivity index is 1.81. The number of carbonyl (C=O) groups is 1. The van der Waals surface area contributed by atoms with Gasteiger partial charge in [0.25, 0.3) is 11.2 Å². The van der Waals surface area contributed by atoms with Crippen LogP contribution in [0.1, 0.15) is 16.2 Å². The number of hydrogen-bond acceptors (Lipinski definition) is 6. The number of amides is 1. The summed E-state index contributed by atoms with van der Waals surface area (Å²) in [6, 6.07) is 10.4. The van der Waals surface area contributed by atoms with Gasteiger partial charge in [-0.15, -0.1) is 0 Å². The second kappa shape index (κ2) is 7.11. The molecule has 0 saturated carbocycles. The van der Waals surface area contributed by atoms with E-state index in [4.69, 9.17) is 11.6 Å². The number of carbonyl (C=O) groups excluding carboxylic acids is 1. The number of para-hydroxylation sites is 1. The van der Waals surface area contributed by atoms with E-state index < -0.39 is 16.4 Å². The van der Waals surface area contributed by atoms with Crippen LogP contribution in [0, 0.1) is 10.1 Å². The van der Waals surface area contributed by atoms with Crippen molar-refractivity contribution in [3.63, 3.8) is 0 Å². The molecule has 0 radical (unpaired) electrons. The fraction of sp³-hybridized carbons (Fsp3) is 0. The predicted octanol–water partition coefficient (Wildman–Crippen LogP) is 2.25. The minimum Gasteiger partial charge on any atom is -0.302 e. The molecule has 0 unspecified atom stereocenters. The maximum atomic E-state index is 12.1. The van der Waals surface area contributed by atoms with Crippen LogP contribution in [0.2, 0.25) is 5.02 Å². The van der Waals surface area contributed by atoms with Gasteiger partial charge in [0.1, 0.15) is 0 Å². The van der Waals surface area contributed by atoms with Crippen LogP contribution in [0.15, 0.2) is 52.4 Å². The molecule has 26 heavy (non-hydrogen) atoms. The van der Waals surface area contributed by atoms with E-state index in [1.165, 1.54) is 18.2 Å². The summed E-state index contributed by atoms with van der Waals surface area (Å²) in [6.45, 7) is 0. The number of non-ortho nitro benzene ring substituents is 1.